The topological polar surface area (TPSA) is 93.2 Å². The number of ether oxygens (including phenoxy) is 1. The molecule has 1 aliphatic heterocycles. The van der Waals surface area contributed by atoms with Crippen LogP contribution in [0.15, 0.2) is 41.3 Å². The summed E-state index contributed by atoms with van der Waals surface area (Å²) in [7, 11) is -3.82. The Morgan fingerprint density at radius 3 is 2.86 bits per heavy atom. The van der Waals surface area contributed by atoms with E-state index < -0.39 is 10.0 Å². The highest BCUT2D eigenvalue weighted by Gasteiger charge is 2.21. The number of allylic oxidation sites excluding steroid dienone is 2. The maximum absolute atomic E-state index is 12.9. The number of sulfonamides is 1. The van der Waals surface area contributed by atoms with Gasteiger partial charge in [-0.1, -0.05) is 26.0 Å². The highest BCUT2D eigenvalue weighted by Crippen LogP contribution is 2.30. The number of nitrogens with one attached hydrogen (secondary N) is 2. The molecule has 2 heterocycles. The maximum Gasteiger partial charge on any atom is 0.264 e. The van der Waals surface area contributed by atoms with Crippen molar-refractivity contribution in [2.75, 3.05) is 16.6 Å². The summed E-state index contributed by atoms with van der Waals surface area (Å²) in [5.74, 6) is 0.864. The van der Waals surface area contributed by atoms with Crippen LogP contribution >= 0.6 is 0 Å². The minimum Gasteiger partial charge on any atom is -0.475 e. The fourth-order valence-corrected chi connectivity index (χ4v) is 4.69. The van der Waals surface area contributed by atoms with Crippen LogP contribution in [0, 0.1) is 5.92 Å². The van der Waals surface area contributed by atoms with E-state index >= 15 is 0 Å². The molecule has 0 unspecified atom stereocenters. The number of anilines is 2. The molecule has 4 rings (SSSR count). The summed E-state index contributed by atoms with van der Waals surface area (Å²) in [5.41, 5.74) is 2.55. The molecule has 2 N–H and O–H groups in total. The van der Waals surface area contributed by atoms with Crippen LogP contribution in [-0.4, -0.2) is 31.0 Å². The third kappa shape index (κ3) is 4.70. The van der Waals surface area contributed by atoms with E-state index in [1.165, 1.54) is 0 Å². The van der Waals surface area contributed by atoms with Crippen molar-refractivity contribution in [1.29, 1.82) is 0 Å². The number of benzene rings is 1. The third-order valence-electron chi connectivity index (χ3n) is 5.00. The summed E-state index contributed by atoms with van der Waals surface area (Å²) >= 11 is 0. The van der Waals surface area contributed by atoms with E-state index in [0.717, 1.165) is 36.9 Å². The molecule has 1 aromatic carbocycles. The van der Waals surface area contributed by atoms with Crippen LogP contribution in [0.5, 0.6) is 5.88 Å². The molecule has 4 bridgehead atoms. The normalized spacial score (nSPS) is 20.5. The van der Waals surface area contributed by atoms with Crippen LogP contribution in [0.3, 0.4) is 0 Å². The quantitative estimate of drug-likeness (QED) is 0.787. The molecule has 8 heteroatoms. The molecule has 1 aromatic heterocycles. The second-order valence-corrected chi connectivity index (χ2v) is 9.63. The highest BCUT2D eigenvalue weighted by molar-refractivity contribution is 7.92. The Balaban J connectivity index is 1.77. The van der Waals surface area contributed by atoms with Gasteiger partial charge in [-0.3, -0.25) is 0 Å². The molecule has 1 atom stereocenters. The van der Waals surface area contributed by atoms with E-state index in [-0.39, 0.29) is 16.9 Å². The SMILES string of the molecule is CC(C)C[C@@H]1COc2cc(C3=CCCC3)nc(n2)NS(=O)(=O)c2cccc(c2)N1. The lowest BCUT2D eigenvalue weighted by Crippen LogP contribution is -2.29. The van der Waals surface area contributed by atoms with E-state index in [4.69, 9.17) is 4.74 Å². The lowest BCUT2D eigenvalue weighted by molar-refractivity contribution is 0.271. The van der Waals surface area contributed by atoms with Crippen molar-refractivity contribution in [1.82, 2.24) is 9.97 Å². The first-order chi connectivity index (χ1) is 13.9. The monoisotopic (exact) mass is 414 g/mol. The summed E-state index contributed by atoms with van der Waals surface area (Å²) in [5, 5.41) is 3.41. The third-order valence-corrected chi connectivity index (χ3v) is 6.33. The van der Waals surface area contributed by atoms with Gasteiger partial charge in [-0.05, 0) is 55.4 Å². The summed E-state index contributed by atoms with van der Waals surface area (Å²) < 4.78 is 34.3. The lowest BCUT2D eigenvalue weighted by Gasteiger charge is -2.23. The lowest BCUT2D eigenvalue weighted by atomic mass is 10.0. The summed E-state index contributed by atoms with van der Waals surface area (Å²) in [4.78, 5) is 8.93. The first kappa shape index (κ1) is 19.7. The molecule has 0 saturated heterocycles. The van der Waals surface area contributed by atoms with Gasteiger partial charge >= 0.3 is 0 Å². The van der Waals surface area contributed by atoms with Gasteiger partial charge in [0.2, 0.25) is 11.8 Å². The van der Waals surface area contributed by atoms with Gasteiger partial charge in [-0.2, -0.15) is 4.98 Å². The Labute approximate surface area is 171 Å². The Hall–Kier alpha value is -2.61. The molecule has 2 aromatic rings. The van der Waals surface area contributed by atoms with Crippen molar-refractivity contribution in [2.24, 2.45) is 5.92 Å². The number of hydrogen-bond donors (Lipinski definition) is 2. The summed E-state index contributed by atoms with van der Waals surface area (Å²) in [6.45, 7) is 4.72. The number of aromatic nitrogens is 2. The summed E-state index contributed by atoms with van der Waals surface area (Å²) in [6, 6.07) is 8.60. The Morgan fingerprint density at radius 2 is 2.10 bits per heavy atom. The molecule has 0 spiro atoms. The molecule has 0 saturated carbocycles. The van der Waals surface area contributed by atoms with Crippen molar-refractivity contribution in [3.05, 3.63) is 42.1 Å². The van der Waals surface area contributed by atoms with Gasteiger partial charge < -0.3 is 10.1 Å². The van der Waals surface area contributed by atoms with Gasteiger partial charge in [0, 0.05) is 11.8 Å². The molecule has 0 fully saturated rings. The number of rotatable bonds is 3. The summed E-state index contributed by atoms with van der Waals surface area (Å²) in [6.07, 6.45) is 6.01. The Kier molecular flexibility index (Phi) is 5.45. The molecule has 29 heavy (non-hydrogen) atoms. The fraction of sp³-hybridized carbons (Fsp3) is 0.429. The van der Waals surface area contributed by atoms with Crippen LogP contribution in [-0.2, 0) is 10.0 Å². The standard InChI is InChI=1S/C21H26N4O3S/c1-14(2)10-17-13-28-20-12-19(15-6-3-4-7-15)23-21(24-20)25-29(26,27)18-9-5-8-16(11-18)22-17/h5-6,8-9,11-12,14,17,22H,3-4,7,10,13H2,1-2H3,(H,23,24,25)/t17-/m1/s1. The molecule has 2 aliphatic rings. The average Bonchev–Trinajstić information content (AvgIpc) is 3.20. The molecule has 154 valence electrons. The number of nitrogens with zero attached hydrogens (tertiary/aromatic N) is 2. The van der Waals surface area contributed by atoms with Gasteiger partial charge in [-0.15, -0.1) is 0 Å². The minimum absolute atomic E-state index is 0.0212. The van der Waals surface area contributed by atoms with Crippen molar-refractivity contribution in [2.45, 2.75) is 50.5 Å². The van der Waals surface area contributed by atoms with E-state index in [9.17, 15) is 8.42 Å². The molecule has 7 nitrogen and oxygen atoms in total. The highest BCUT2D eigenvalue weighted by atomic mass is 32.2. The molecule has 0 amide bonds. The van der Waals surface area contributed by atoms with Crippen molar-refractivity contribution in [3.63, 3.8) is 0 Å². The first-order valence-electron chi connectivity index (χ1n) is 10.00. The van der Waals surface area contributed by atoms with E-state index in [2.05, 4.69) is 39.9 Å². The zero-order chi connectivity index (χ0) is 20.4. The van der Waals surface area contributed by atoms with E-state index in [1.807, 2.05) is 6.07 Å². The van der Waals surface area contributed by atoms with Gasteiger partial charge in [0.25, 0.3) is 10.0 Å². The first-order valence-corrected chi connectivity index (χ1v) is 11.5. The smallest absolute Gasteiger partial charge is 0.264 e. The largest absolute Gasteiger partial charge is 0.475 e. The van der Waals surface area contributed by atoms with Gasteiger partial charge in [0.1, 0.15) is 6.61 Å². The molecular weight excluding hydrogens is 388 g/mol. The maximum atomic E-state index is 12.9. The molecule has 1 aliphatic carbocycles. The van der Waals surface area contributed by atoms with Crippen LogP contribution in [0.4, 0.5) is 11.6 Å². The van der Waals surface area contributed by atoms with Crippen LogP contribution < -0.4 is 14.8 Å². The van der Waals surface area contributed by atoms with Gasteiger partial charge in [0.05, 0.1) is 16.6 Å². The minimum atomic E-state index is -3.82. The number of hydrogen-bond acceptors (Lipinski definition) is 6. The second-order valence-electron chi connectivity index (χ2n) is 7.95. The van der Waals surface area contributed by atoms with Crippen LogP contribution in [0.1, 0.15) is 45.2 Å². The Morgan fingerprint density at radius 1 is 1.24 bits per heavy atom. The molecular formula is C21H26N4O3S. The fourth-order valence-electron chi connectivity index (χ4n) is 3.70. The van der Waals surface area contributed by atoms with Gasteiger partial charge in [-0.25, -0.2) is 18.1 Å². The predicted octanol–water partition coefficient (Wildman–Crippen LogP) is 4.06. The van der Waals surface area contributed by atoms with Crippen molar-refractivity contribution >= 4 is 27.2 Å². The van der Waals surface area contributed by atoms with Crippen LogP contribution in [0.25, 0.3) is 5.57 Å². The van der Waals surface area contributed by atoms with E-state index in [0.29, 0.717) is 24.1 Å². The zero-order valence-electron chi connectivity index (χ0n) is 16.7. The van der Waals surface area contributed by atoms with Crippen LogP contribution in [0.2, 0.25) is 0 Å². The average molecular weight is 415 g/mol. The predicted molar refractivity (Wildman–Crippen MR) is 113 cm³/mol. The Bertz CT molecular complexity index is 1030. The zero-order valence-corrected chi connectivity index (χ0v) is 17.5. The molecule has 0 radical (unpaired) electrons. The van der Waals surface area contributed by atoms with Gasteiger partial charge in [0.15, 0.2) is 0 Å². The number of fused-ring (bicyclic) bond motifs is 4. The second kappa shape index (κ2) is 8.02. The van der Waals surface area contributed by atoms with Crippen molar-refractivity contribution in [3.8, 4) is 5.88 Å². The van der Waals surface area contributed by atoms with E-state index in [1.54, 1.807) is 24.3 Å². The van der Waals surface area contributed by atoms with Crippen molar-refractivity contribution < 1.29 is 13.2 Å².